The summed E-state index contributed by atoms with van der Waals surface area (Å²) in [6.45, 7) is 3.99. The van der Waals surface area contributed by atoms with Gasteiger partial charge in [0, 0.05) is 35.6 Å². The summed E-state index contributed by atoms with van der Waals surface area (Å²) in [5, 5.41) is 0. The molecule has 3 heterocycles. The fourth-order valence-electron chi connectivity index (χ4n) is 2.59. The van der Waals surface area contributed by atoms with Crippen LogP contribution in [0, 0.1) is 12.7 Å². The van der Waals surface area contributed by atoms with Crippen molar-refractivity contribution >= 4 is 11.0 Å². The fraction of sp³-hybridized carbons (Fsp3) is 0.200. The standard InChI is InChI=1S/C15H14FN3O2/c1-3-19-12(20)5-4-11-14(19)10(7-17-11)9-6-8(2)18-15(21)13(9)16/h4-7,17H,3H2,1-2H3,(H,18,21). The zero-order valence-electron chi connectivity index (χ0n) is 11.7. The van der Waals surface area contributed by atoms with Crippen LogP contribution in [0.5, 0.6) is 0 Å². The third-order valence-corrected chi connectivity index (χ3v) is 3.52. The molecule has 21 heavy (non-hydrogen) atoms. The molecular weight excluding hydrogens is 273 g/mol. The predicted octanol–water partition coefficient (Wildman–Crippen LogP) is 2.15. The van der Waals surface area contributed by atoms with Crippen LogP contribution in [0.3, 0.4) is 0 Å². The van der Waals surface area contributed by atoms with Crippen LogP contribution in [0.25, 0.3) is 22.2 Å². The summed E-state index contributed by atoms with van der Waals surface area (Å²) in [5.74, 6) is -0.847. The van der Waals surface area contributed by atoms with Crippen LogP contribution in [-0.4, -0.2) is 14.5 Å². The number of nitrogens with one attached hydrogen (secondary N) is 2. The maximum Gasteiger partial charge on any atom is 0.284 e. The zero-order chi connectivity index (χ0) is 15.1. The van der Waals surface area contributed by atoms with Crippen LogP contribution < -0.4 is 11.1 Å². The second-order valence-electron chi connectivity index (χ2n) is 4.89. The average molecular weight is 287 g/mol. The Hall–Kier alpha value is -2.63. The molecule has 0 unspecified atom stereocenters. The molecule has 0 aliphatic heterocycles. The first-order valence-corrected chi connectivity index (χ1v) is 6.63. The van der Waals surface area contributed by atoms with Gasteiger partial charge in [-0.3, -0.25) is 9.59 Å². The number of hydrogen-bond donors (Lipinski definition) is 2. The van der Waals surface area contributed by atoms with Crippen LogP contribution in [0.2, 0.25) is 0 Å². The summed E-state index contributed by atoms with van der Waals surface area (Å²) in [6, 6.07) is 4.69. The van der Waals surface area contributed by atoms with E-state index in [2.05, 4.69) is 9.97 Å². The average Bonchev–Trinajstić information content (AvgIpc) is 2.86. The highest BCUT2D eigenvalue weighted by Gasteiger charge is 2.16. The number of pyridine rings is 2. The van der Waals surface area contributed by atoms with Gasteiger partial charge in [0.05, 0.1) is 11.0 Å². The van der Waals surface area contributed by atoms with Crippen molar-refractivity contribution in [2.75, 3.05) is 0 Å². The first-order chi connectivity index (χ1) is 10.0. The molecule has 3 aromatic rings. The van der Waals surface area contributed by atoms with Crippen molar-refractivity contribution in [2.45, 2.75) is 20.4 Å². The molecule has 0 fully saturated rings. The topological polar surface area (TPSA) is 70.7 Å². The molecule has 5 nitrogen and oxygen atoms in total. The van der Waals surface area contributed by atoms with Gasteiger partial charge >= 0.3 is 0 Å². The van der Waals surface area contributed by atoms with Gasteiger partial charge in [0.2, 0.25) is 0 Å². The maximum atomic E-state index is 14.2. The molecule has 0 aliphatic rings. The van der Waals surface area contributed by atoms with Crippen molar-refractivity contribution in [1.82, 2.24) is 14.5 Å². The maximum absolute atomic E-state index is 14.2. The smallest absolute Gasteiger partial charge is 0.284 e. The Morgan fingerprint density at radius 3 is 2.71 bits per heavy atom. The van der Waals surface area contributed by atoms with E-state index in [4.69, 9.17) is 0 Å². The van der Waals surface area contributed by atoms with E-state index in [0.29, 0.717) is 23.3 Å². The Bertz CT molecular complexity index is 950. The van der Waals surface area contributed by atoms with Gasteiger partial charge in [-0.15, -0.1) is 0 Å². The van der Waals surface area contributed by atoms with E-state index in [9.17, 15) is 14.0 Å². The van der Waals surface area contributed by atoms with Crippen LogP contribution in [0.15, 0.2) is 34.0 Å². The molecule has 0 bridgehead atoms. The Labute approximate surface area is 119 Å². The Balaban J connectivity index is 2.45. The van der Waals surface area contributed by atoms with Gasteiger partial charge < -0.3 is 14.5 Å². The highest BCUT2D eigenvalue weighted by molar-refractivity contribution is 5.92. The first kappa shape index (κ1) is 13.4. The monoisotopic (exact) mass is 287 g/mol. The fourth-order valence-corrected chi connectivity index (χ4v) is 2.59. The number of rotatable bonds is 2. The summed E-state index contributed by atoms with van der Waals surface area (Å²) in [5.41, 5.74) is 1.67. The van der Waals surface area contributed by atoms with E-state index in [1.807, 2.05) is 6.92 Å². The summed E-state index contributed by atoms with van der Waals surface area (Å²) in [6.07, 6.45) is 1.62. The number of aromatic amines is 2. The van der Waals surface area contributed by atoms with Crippen LogP contribution in [-0.2, 0) is 6.54 Å². The summed E-state index contributed by atoms with van der Waals surface area (Å²) >= 11 is 0. The Kier molecular flexibility index (Phi) is 3.01. The third-order valence-electron chi connectivity index (χ3n) is 3.52. The predicted molar refractivity (Wildman–Crippen MR) is 79.0 cm³/mol. The molecule has 3 aromatic heterocycles. The molecule has 0 aromatic carbocycles. The van der Waals surface area contributed by atoms with Gasteiger partial charge in [0.25, 0.3) is 11.1 Å². The minimum absolute atomic E-state index is 0.159. The first-order valence-electron chi connectivity index (χ1n) is 6.63. The molecule has 0 atom stereocenters. The van der Waals surface area contributed by atoms with Crippen molar-refractivity contribution in [3.8, 4) is 11.1 Å². The summed E-state index contributed by atoms with van der Waals surface area (Å²) in [4.78, 5) is 29.0. The minimum atomic E-state index is -0.847. The summed E-state index contributed by atoms with van der Waals surface area (Å²) in [7, 11) is 0. The number of hydrogen-bond acceptors (Lipinski definition) is 2. The lowest BCUT2D eigenvalue weighted by atomic mass is 10.1. The molecule has 6 heteroatoms. The third kappa shape index (κ3) is 1.99. The molecule has 2 N–H and O–H groups in total. The molecule has 108 valence electrons. The lowest BCUT2D eigenvalue weighted by Crippen LogP contribution is -2.18. The molecular formula is C15H14FN3O2. The Morgan fingerprint density at radius 1 is 1.24 bits per heavy atom. The number of aromatic nitrogens is 3. The lowest BCUT2D eigenvalue weighted by Gasteiger charge is -2.08. The number of H-pyrrole nitrogens is 2. The molecule has 0 radical (unpaired) electrons. The largest absolute Gasteiger partial charge is 0.359 e. The number of nitrogens with zero attached hydrogens (tertiary/aromatic N) is 1. The van der Waals surface area contributed by atoms with Crippen molar-refractivity contribution in [3.63, 3.8) is 0 Å². The second-order valence-corrected chi connectivity index (χ2v) is 4.89. The Morgan fingerprint density at radius 2 is 2.00 bits per heavy atom. The number of halogens is 1. The van der Waals surface area contributed by atoms with Crippen molar-refractivity contribution in [2.24, 2.45) is 0 Å². The lowest BCUT2D eigenvalue weighted by molar-refractivity contribution is 0.611. The van der Waals surface area contributed by atoms with Gasteiger partial charge in [-0.2, -0.15) is 0 Å². The van der Waals surface area contributed by atoms with E-state index >= 15 is 0 Å². The highest BCUT2D eigenvalue weighted by atomic mass is 19.1. The number of aryl methyl sites for hydroxylation is 2. The molecule has 0 amide bonds. The zero-order valence-corrected chi connectivity index (χ0v) is 11.7. The molecule has 0 saturated heterocycles. The molecule has 3 rings (SSSR count). The molecule has 0 spiro atoms. The van der Waals surface area contributed by atoms with Gasteiger partial charge in [0.1, 0.15) is 0 Å². The quantitative estimate of drug-likeness (QED) is 0.758. The molecule has 0 saturated carbocycles. The van der Waals surface area contributed by atoms with E-state index < -0.39 is 11.4 Å². The van der Waals surface area contributed by atoms with Crippen molar-refractivity contribution < 1.29 is 4.39 Å². The second kappa shape index (κ2) is 4.73. The van der Waals surface area contributed by atoms with Crippen LogP contribution in [0.1, 0.15) is 12.6 Å². The summed E-state index contributed by atoms with van der Waals surface area (Å²) < 4.78 is 15.7. The van der Waals surface area contributed by atoms with E-state index in [0.717, 1.165) is 5.52 Å². The SMILES string of the molecule is CCn1c(=O)ccc2[nH]cc(-c3cc(C)[nH]c(=O)c3F)c21. The van der Waals surface area contributed by atoms with E-state index in [-0.39, 0.29) is 11.1 Å². The highest BCUT2D eigenvalue weighted by Crippen LogP contribution is 2.28. The van der Waals surface area contributed by atoms with E-state index in [1.165, 1.54) is 6.07 Å². The van der Waals surface area contributed by atoms with E-state index in [1.54, 1.807) is 29.8 Å². The van der Waals surface area contributed by atoms with Crippen molar-refractivity contribution in [3.05, 3.63) is 56.6 Å². The van der Waals surface area contributed by atoms with Crippen LogP contribution in [0.4, 0.5) is 4.39 Å². The molecule has 0 aliphatic carbocycles. The van der Waals surface area contributed by atoms with Gasteiger partial charge in [-0.1, -0.05) is 0 Å². The van der Waals surface area contributed by atoms with Gasteiger partial charge in [-0.05, 0) is 26.0 Å². The van der Waals surface area contributed by atoms with Gasteiger partial charge in [0.15, 0.2) is 5.82 Å². The van der Waals surface area contributed by atoms with Crippen LogP contribution >= 0.6 is 0 Å². The van der Waals surface area contributed by atoms with Gasteiger partial charge in [-0.25, -0.2) is 4.39 Å². The van der Waals surface area contributed by atoms with Crippen molar-refractivity contribution in [1.29, 1.82) is 0 Å². The number of fused-ring (bicyclic) bond motifs is 1. The minimum Gasteiger partial charge on any atom is -0.359 e. The normalized spacial score (nSPS) is 11.2.